The second-order valence-electron chi connectivity index (χ2n) is 5.51. The minimum Gasteiger partial charge on any atom is -0.303 e. The van der Waals surface area contributed by atoms with Crippen molar-refractivity contribution in [3.8, 4) is 0 Å². The molecular formula is C18H25NOS. The van der Waals surface area contributed by atoms with E-state index in [0.717, 1.165) is 37.0 Å². The fourth-order valence-electron chi connectivity index (χ4n) is 2.76. The maximum Gasteiger partial charge on any atom is 0.164 e. The Morgan fingerprint density at radius 3 is 2.52 bits per heavy atom. The van der Waals surface area contributed by atoms with Crippen LogP contribution in [0.15, 0.2) is 29.6 Å². The Bertz CT molecular complexity index is 569. The first-order chi connectivity index (χ1) is 10.3. The van der Waals surface area contributed by atoms with Crippen LogP contribution in [0.4, 0.5) is 0 Å². The molecule has 0 saturated carbocycles. The number of fused-ring (bicyclic) bond motifs is 1. The molecule has 0 aliphatic carbocycles. The van der Waals surface area contributed by atoms with Gasteiger partial charge in [0.25, 0.3) is 0 Å². The first-order valence-electron chi connectivity index (χ1n) is 7.98. The normalized spacial score (nSPS) is 11.4. The zero-order valence-corrected chi connectivity index (χ0v) is 13.9. The lowest BCUT2D eigenvalue weighted by molar-refractivity contribution is 0.0976. The molecule has 0 N–H and O–H groups in total. The zero-order valence-electron chi connectivity index (χ0n) is 13.1. The second-order valence-corrected chi connectivity index (χ2v) is 6.43. The molecule has 0 bridgehead atoms. The van der Waals surface area contributed by atoms with E-state index in [1.54, 1.807) is 11.3 Å². The first-order valence-corrected chi connectivity index (χ1v) is 8.86. The molecular weight excluding hydrogens is 278 g/mol. The SMILES string of the molecule is CCCN(CCC)CCCC(=O)c1csc2ccccc12. The summed E-state index contributed by atoms with van der Waals surface area (Å²) >= 11 is 1.67. The molecule has 1 aromatic carbocycles. The van der Waals surface area contributed by atoms with Crippen LogP contribution in [0, 0.1) is 0 Å². The number of Topliss-reactive ketones (excluding diaryl/α,β-unsaturated/α-hetero) is 1. The molecule has 0 atom stereocenters. The average molecular weight is 303 g/mol. The summed E-state index contributed by atoms with van der Waals surface area (Å²) in [5, 5.41) is 3.13. The predicted molar refractivity (Wildman–Crippen MR) is 92.4 cm³/mol. The van der Waals surface area contributed by atoms with E-state index in [9.17, 15) is 4.79 Å². The summed E-state index contributed by atoms with van der Waals surface area (Å²) < 4.78 is 1.21. The third-order valence-corrected chi connectivity index (χ3v) is 4.70. The van der Waals surface area contributed by atoms with Gasteiger partial charge in [0.2, 0.25) is 0 Å². The van der Waals surface area contributed by atoms with Crippen LogP contribution in [0.5, 0.6) is 0 Å². The van der Waals surface area contributed by atoms with E-state index in [4.69, 9.17) is 0 Å². The number of hydrogen-bond acceptors (Lipinski definition) is 3. The highest BCUT2D eigenvalue weighted by Crippen LogP contribution is 2.26. The Morgan fingerprint density at radius 2 is 1.81 bits per heavy atom. The van der Waals surface area contributed by atoms with Gasteiger partial charge in [-0.25, -0.2) is 0 Å². The molecule has 1 heterocycles. The molecule has 0 fully saturated rings. The quantitative estimate of drug-likeness (QED) is 0.608. The van der Waals surface area contributed by atoms with Gasteiger partial charge < -0.3 is 4.90 Å². The number of nitrogens with zero attached hydrogens (tertiary/aromatic N) is 1. The summed E-state index contributed by atoms with van der Waals surface area (Å²) in [6, 6.07) is 8.18. The molecule has 2 rings (SSSR count). The number of benzene rings is 1. The van der Waals surface area contributed by atoms with Crippen molar-refractivity contribution in [2.24, 2.45) is 0 Å². The van der Waals surface area contributed by atoms with Crippen LogP contribution in [0.2, 0.25) is 0 Å². The summed E-state index contributed by atoms with van der Waals surface area (Å²) in [5.41, 5.74) is 0.910. The van der Waals surface area contributed by atoms with Crippen LogP contribution in [-0.4, -0.2) is 30.3 Å². The molecule has 2 aromatic rings. The van der Waals surface area contributed by atoms with Gasteiger partial charge in [0.1, 0.15) is 0 Å². The Morgan fingerprint density at radius 1 is 1.10 bits per heavy atom. The predicted octanol–water partition coefficient (Wildman–Crippen LogP) is 4.99. The number of thiophene rings is 1. The molecule has 1 aromatic heterocycles. The molecule has 0 saturated heterocycles. The lowest BCUT2D eigenvalue weighted by atomic mass is 10.1. The van der Waals surface area contributed by atoms with E-state index in [1.807, 2.05) is 17.5 Å². The molecule has 114 valence electrons. The van der Waals surface area contributed by atoms with Crippen LogP contribution in [0.25, 0.3) is 10.1 Å². The fourth-order valence-corrected chi connectivity index (χ4v) is 3.72. The summed E-state index contributed by atoms with van der Waals surface area (Å²) in [6.45, 7) is 7.75. The highest BCUT2D eigenvalue weighted by molar-refractivity contribution is 7.17. The van der Waals surface area contributed by atoms with Crippen LogP contribution in [0.1, 0.15) is 49.9 Å². The number of hydrogen-bond donors (Lipinski definition) is 0. The van der Waals surface area contributed by atoms with Crippen molar-refractivity contribution in [3.63, 3.8) is 0 Å². The molecule has 0 amide bonds. The van der Waals surface area contributed by atoms with Gasteiger partial charge in [-0.05, 0) is 45.0 Å². The van der Waals surface area contributed by atoms with Gasteiger partial charge in [-0.15, -0.1) is 11.3 Å². The summed E-state index contributed by atoms with van der Waals surface area (Å²) in [5.74, 6) is 0.292. The van der Waals surface area contributed by atoms with Crippen molar-refractivity contribution >= 4 is 27.2 Å². The van der Waals surface area contributed by atoms with Crippen molar-refractivity contribution in [2.75, 3.05) is 19.6 Å². The topological polar surface area (TPSA) is 20.3 Å². The second kappa shape index (κ2) is 8.30. The van der Waals surface area contributed by atoms with Crippen LogP contribution in [-0.2, 0) is 0 Å². The Labute approximate surface area is 131 Å². The summed E-state index contributed by atoms with van der Waals surface area (Å²) in [7, 11) is 0. The van der Waals surface area contributed by atoms with Crippen molar-refractivity contribution < 1.29 is 4.79 Å². The number of carbonyl (C=O) groups is 1. The number of ketones is 1. The third-order valence-electron chi connectivity index (χ3n) is 3.74. The van der Waals surface area contributed by atoms with Gasteiger partial charge in [-0.3, -0.25) is 4.79 Å². The maximum atomic E-state index is 12.4. The zero-order chi connectivity index (χ0) is 15.1. The molecule has 21 heavy (non-hydrogen) atoms. The maximum absolute atomic E-state index is 12.4. The van der Waals surface area contributed by atoms with Crippen LogP contribution < -0.4 is 0 Å². The number of rotatable bonds is 9. The minimum absolute atomic E-state index is 0.292. The van der Waals surface area contributed by atoms with Crippen molar-refractivity contribution in [1.82, 2.24) is 4.90 Å². The van der Waals surface area contributed by atoms with Crippen LogP contribution >= 0.6 is 11.3 Å². The number of carbonyl (C=O) groups excluding carboxylic acids is 1. The van der Waals surface area contributed by atoms with E-state index < -0.39 is 0 Å². The van der Waals surface area contributed by atoms with Crippen molar-refractivity contribution in [2.45, 2.75) is 39.5 Å². The molecule has 2 nitrogen and oxygen atoms in total. The lowest BCUT2D eigenvalue weighted by Gasteiger charge is -2.20. The summed E-state index contributed by atoms with van der Waals surface area (Å²) in [6.07, 6.45) is 3.99. The van der Waals surface area contributed by atoms with Gasteiger partial charge in [0, 0.05) is 27.5 Å². The fraction of sp³-hybridized carbons (Fsp3) is 0.500. The molecule has 0 aliphatic heterocycles. The van der Waals surface area contributed by atoms with Crippen molar-refractivity contribution in [3.05, 3.63) is 35.2 Å². The standard InChI is InChI=1S/C18H25NOS/c1-3-11-19(12-4-2)13-7-9-17(20)16-14-21-18-10-6-5-8-15(16)18/h5-6,8,10,14H,3-4,7,9,11-13H2,1-2H3. The monoisotopic (exact) mass is 303 g/mol. The molecule has 3 heteroatoms. The van der Waals surface area contributed by atoms with E-state index >= 15 is 0 Å². The Kier molecular flexibility index (Phi) is 6.40. The molecule has 0 unspecified atom stereocenters. The molecule has 0 aliphatic rings. The summed E-state index contributed by atoms with van der Waals surface area (Å²) in [4.78, 5) is 14.9. The lowest BCUT2D eigenvalue weighted by Crippen LogP contribution is -2.26. The van der Waals surface area contributed by atoms with E-state index in [2.05, 4.69) is 30.9 Å². The van der Waals surface area contributed by atoms with Gasteiger partial charge in [-0.1, -0.05) is 32.0 Å². The van der Waals surface area contributed by atoms with Crippen LogP contribution in [0.3, 0.4) is 0 Å². The smallest absolute Gasteiger partial charge is 0.164 e. The van der Waals surface area contributed by atoms with Gasteiger partial charge in [-0.2, -0.15) is 0 Å². The molecule has 0 spiro atoms. The van der Waals surface area contributed by atoms with Gasteiger partial charge >= 0.3 is 0 Å². The van der Waals surface area contributed by atoms with Crippen molar-refractivity contribution in [1.29, 1.82) is 0 Å². The third kappa shape index (κ3) is 4.39. The highest BCUT2D eigenvalue weighted by atomic mass is 32.1. The molecule has 0 radical (unpaired) electrons. The van der Waals surface area contributed by atoms with E-state index in [1.165, 1.54) is 17.5 Å². The van der Waals surface area contributed by atoms with E-state index in [0.29, 0.717) is 12.2 Å². The Balaban J connectivity index is 1.90. The highest BCUT2D eigenvalue weighted by Gasteiger charge is 2.12. The first kappa shape index (κ1) is 16.2. The van der Waals surface area contributed by atoms with E-state index in [-0.39, 0.29) is 0 Å². The van der Waals surface area contributed by atoms with Gasteiger partial charge in [0.05, 0.1) is 0 Å². The Hall–Kier alpha value is -1.19. The minimum atomic E-state index is 0.292. The average Bonchev–Trinajstić information content (AvgIpc) is 2.91. The largest absolute Gasteiger partial charge is 0.303 e. The van der Waals surface area contributed by atoms with Gasteiger partial charge in [0.15, 0.2) is 5.78 Å².